The minimum atomic E-state index is 0.367. The van der Waals surface area contributed by atoms with Crippen molar-refractivity contribution in [3.05, 3.63) is 0 Å². The lowest BCUT2D eigenvalue weighted by atomic mass is 9.96. The summed E-state index contributed by atoms with van der Waals surface area (Å²) in [7, 11) is 0. The summed E-state index contributed by atoms with van der Waals surface area (Å²) in [6.45, 7) is 9.90. The molecule has 118 valence electrons. The van der Waals surface area contributed by atoms with Gasteiger partial charge in [-0.05, 0) is 65.0 Å². The number of likely N-dealkylation sites (tertiary alicyclic amines) is 1. The summed E-state index contributed by atoms with van der Waals surface area (Å²) < 4.78 is 5.56. The number of hydrogen-bond donors (Lipinski definition) is 1. The molecule has 1 aliphatic heterocycles. The van der Waals surface area contributed by atoms with Crippen LogP contribution < -0.4 is 5.32 Å². The zero-order valence-corrected chi connectivity index (χ0v) is 13.6. The Balaban J connectivity index is 1.52. The first-order valence-electron chi connectivity index (χ1n) is 8.83. The van der Waals surface area contributed by atoms with Crippen molar-refractivity contribution >= 4 is 0 Å². The first-order valence-corrected chi connectivity index (χ1v) is 8.83. The van der Waals surface area contributed by atoms with E-state index in [2.05, 4.69) is 24.1 Å². The zero-order valence-electron chi connectivity index (χ0n) is 13.6. The molecule has 2 rings (SSSR count). The molecule has 3 nitrogen and oxygen atoms in total. The van der Waals surface area contributed by atoms with Crippen molar-refractivity contribution in [1.29, 1.82) is 0 Å². The van der Waals surface area contributed by atoms with E-state index in [1.54, 1.807) is 0 Å². The summed E-state index contributed by atoms with van der Waals surface area (Å²) in [5, 5.41) is 3.58. The van der Waals surface area contributed by atoms with Crippen molar-refractivity contribution in [2.75, 3.05) is 32.8 Å². The molecule has 1 unspecified atom stereocenters. The van der Waals surface area contributed by atoms with Crippen LogP contribution in [-0.4, -0.2) is 49.8 Å². The summed E-state index contributed by atoms with van der Waals surface area (Å²) in [5.74, 6) is 1.01. The second kappa shape index (κ2) is 9.01. The first-order chi connectivity index (χ1) is 9.77. The average Bonchev–Trinajstić information content (AvgIpc) is 3.07. The van der Waals surface area contributed by atoms with Crippen LogP contribution in [0.4, 0.5) is 0 Å². The third-order valence-electron chi connectivity index (χ3n) is 4.88. The van der Waals surface area contributed by atoms with Crippen LogP contribution in [0.3, 0.4) is 0 Å². The standard InChI is InChI=1S/C17H34N2O/c1-15(2)20-14-6-10-18-11-13-19-12-5-9-17(19)16-7-3-4-8-16/h15-18H,3-14H2,1-2H3. The Hall–Kier alpha value is -0.120. The van der Waals surface area contributed by atoms with Gasteiger partial charge in [-0.15, -0.1) is 0 Å². The van der Waals surface area contributed by atoms with Crippen LogP contribution >= 0.6 is 0 Å². The van der Waals surface area contributed by atoms with Gasteiger partial charge in [0.1, 0.15) is 0 Å². The molecule has 0 aromatic heterocycles. The summed E-state index contributed by atoms with van der Waals surface area (Å²) in [6.07, 6.45) is 10.3. The molecule has 2 aliphatic rings. The van der Waals surface area contributed by atoms with Gasteiger partial charge in [-0.2, -0.15) is 0 Å². The quantitative estimate of drug-likeness (QED) is 0.658. The van der Waals surface area contributed by atoms with Crippen LogP contribution in [-0.2, 0) is 4.74 Å². The van der Waals surface area contributed by atoms with Gasteiger partial charge in [0.25, 0.3) is 0 Å². The number of nitrogens with zero attached hydrogens (tertiary/aromatic N) is 1. The maximum Gasteiger partial charge on any atom is 0.0518 e. The topological polar surface area (TPSA) is 24.5 Å². The maximum absolute atomic E-state index is 5.56. The monoisotopic (exact) mass is 282 g/mol. The van der Waals surface area contributed by atoms with Crippen molar-refractivity contribution < 1.29 is 4.74 Å². The Kier molecular flexibility index (Phi) is 7.32. The summed E-state index contributed by atoms with van der Waals surface area (Å²) in [6, 6.07) is 0.906. The molecule has 1 saturated heterocycles. The molecule has 1 saturated carbocycles. The molecule has 0 aromatic rings. The molecule has 1 aliphatic carbocycles. The number of nitrogens with one attached hydrogen (secondary N) is 1. The molecule has 0 spiro atoms. The van der Waals surface area contributed by atoms with Crippen molar-refractivity contribution in [1.82, 2.24) is 10.2 Å². The van der Waals surface area contributed by atoms with E-state index >= 15 is 0 Å². The Morgan fingerprint density at radius 2 is 1.90 bits per heavy atom. The smallest absolute Gasteiger partial charge is 0.0518 e. The lowest BCUT2D eigenvalue weighted by Crippen LogP contribution is -2.39. The second-order valence-corrected chi connectivity index (χ2v) is 6.81. The molecule has 0 amide bonds. The Morgan fingerprint density at radius 1 is 1.10 bits per heavy atom. The van der Waals surface area contributed by atoms with Crippen molar-refractivity contribution in [3.63, 3.8) is 0 Å². The molecule has 0 radical (unpaired) electrons. The van der Waals surface area contributed by atoms with Gasteiger partial charge in [0, 0.05) is 25.7 Å². The van der Waals surface area contributed by atoms with Crippen LogP contribution in [0.15, 0.2) is 0 Å². The Bertz CT molecular complexity index is 251. The molecule has 1 atom stereocenters. The fourth-order valence-corrected chi connectivity index (χ4v) is 3.87. The molecule has 3 heteroatoms. The highest BCUT2D eigenvalue weighted by molar-refractivity contribution is 4.87. The predicted octanol–water partition coefficient (Wildman–Crippen LogP) is 3.05. The molecule has 1 N–H and O–H groups in total. The second-order valence-electron chi connectivity index (χ2n) is 6.81. The number of hydrogen-bond acceptors (Lipinski definition) is 3. The highest BCUT2D eigenvalue weighted by Gasteiger charge is 2.32. The van der Waals surface area contributed by atoms with Gasteiger partial charge < -0.3 is 10.1 Å². The maximum atomic E-state index is 5.56. The van der Waals surface area contributed by atoms with Crippen LogP contribution in [0.5, 0.6) is 0 Å². The SMILES string of the molecule is CC(C)OCCCNCCN1CCCC1C1CCCC1. The van der Waals surface area contributed by atoms with E-state index in [0.717, 1.165) is 38.1 Å². The van der Waals surface area contributed by atoms with E-state index in [-0.39, 0.29) is 0 Å². The van der Waals surface area contributed by atoms with Crippen LogP contribution in [0.2, 0.25) is 0 Å². The average molecular weight is 282 g/mol. The van der Waals surface area contributed by atoms with E-state index in [0.29, 0.717) is 6.10 Å². The van der Waals surface area contributed by atoms with E-state index < -0.39 is 0 Å². The normalized spacial score (nSPS) is 25.1. The van der Waals surface area contributed by atoms with E-state index in [9.17, 15) is 0 Å². The lowest BCUT2D eigenvalue weighted by Gasteiger charge is -2.29. The van der Waals surface area contributed by atoms with Crippen molar-refractivity contribution in [2.45, 2.75) is 70.9 Å². The molecular weight excluding hydrogens is 248 g/mol. The van der Waals surface area contributed by atoms with Gasteiger partial charge >= 0.3 is 0 Å². The summed E-state index contributed by atoms with van der Waals surface area (Å²) in [4.78, 5) is 2.76. The number of ether oxygens (including phenoxy) is 1. The first kappa shape index (κ1) is 16.3. The van der Waals surface area contributed by atoms with Gasteiger partial charge in [-0.25, -0.2) is 0 Å². The van der Waals surface area contributed by atoms with E-state index in [1.165, 1.54) is 51.6 Å². The third kappa shape index (κ3) is 5.34. The van der Waals surface area contributed by atoms with Gasteiger partial charge in [0.05, 0.1) is 6.10 Å². The fraction of sp³-hybridized carbons (Fsp3) is 1.00. The van der Waals surface area contributed by atoms with Crippen molar-refractivity contribution in [2.24, 2.45) is 5.92 Å². The van der Waals surface area contributed by atoms with E-state index in [1.807, 2.05) is 0 Å². The van der Waals surface area contributed by atoms with Gasteiger partial charge in [-0.1, -0.05) is 12.8 Å². The highest BCUT2D eigenvalue weighted by atomic mass is 16.5. The van der Waals surface area contributed by atoms with Gasteiger partial charge in [0.15, 0.2) is 0 Å². The van der Waals surface area contributed by atoms with Gasteiger partial charge in [-0.3, -0.25) is 4.90 Å². The Morgan fingerprint density at radius 3 is 2.65 bits per heavy atom. The summed E-state index contributed by atoms with van der Waals surface area (Å²) >= 11 is 0. The molecule has 20 heavy (non-hydrogen) atoms. The minimum absolute atomic E-state index is 0.367. The predicted molar refractivity (Wildman–Crippen MR) is 85.1 cm³/mol. The molecule has 0 bridgehead atoms. The zero-order chi connectivity index (χ0) is 14.2. The molecule has 2 fully saturated rings. The van der Waals surface area contributed by atoms with Gasteiger partial charge in [0.2, 0.25) is 0 Å². The van der Waals surface area contributed by atoms with Crippen LogP contribution in [0.1, 0.15) is 58.8 Å². The molecule has 1 heterocycles. The lowest BCUT2D eigenvalue weighted by molar-refractivity contribution is 0.0769. The van der Waals surface area contributed by atoms with Crippen LogP contribution in [0, 0.1) is 5.92 Å². The summed E-state index contributed by atoms with van der Waals surface area (Å²) in [5.41, 5.74) is 0. The van der Waals surface area contributed by atoms with E-state index in [4.69, 9.17) is 4.74 Å². The fourth-order valence-electron chi connectivity index (χ4n) is 3.87. The highest BCUT2D eigenvalue weighted by Crippen LogP contribution is 2.35. The minimum Gasteiger partial charge on any atom is -0.379 e. The molecule has 0 aromatic carbocycles. The molecular formula is C17H34N2O. The Labute approximate surface area is 125 Å². The largest absolute Gasteiger partial charge is 0.379 e. The van der Waals surface area contributed by atoms with Crippen LogP contribution in [0.25, 0.3) is 0 Å². The number of rotatable bonds is 9. The third-order valence-corrected chi connectivity index (χ3v) is 4.88. The van der Waals surface area contributed by atoms with Crippen molar-refractivity contribution in [3.8, 4) is 0 Å².